The van der Waals surface area contributed by atoms with Gasteiger partial charge >= 0.3 is 0 Å². The van der Waals surface area contributed by atoms with E-state index in [-0.39, 0.29) is 17.6 Å². The lowest BCUT2D eigenvalue weighted by Gasteiger charge is -2.30. The Morgan fingerprint density at radius 2 is 1.92 bits per heavy atom. The predicted octanol–water partition coefficient (Wildman–Crippen LogP) is 3.32. The van der Waals surface area contributed by atoms with E-state index in [1.165, 1.54) is 6.07 Å². The summed E-state index contributed by atoms with van der Waals surface area (Å²) in [6, 6.07) is 14.6. The Balaban J connectivity index is 1.69. The molecule has 2 aromatic rings. The highest BCUT2D eigenvalue weighted by atomic mass is 79.9. The number of rotatable bonds is 6. The highest BCUT2D eigenvalue weighted by Gasteiger charge is 2.26. The van der Waals surface area contributed by atoms with Crippen molar-refractivity contribution in [2.75, 3.05) is 32.8 Å². The SMILES string of the molecule is O=C(C(CNCc1cc(Br)ccc1F)c1ccccc1)N1CCOCC1. The number of nitrogens with zero attached hydrogens (tertiary/aromatic N) is 1. The summed E-state index contributed by atoms with van der Waals surface area (Å²) in [6.07, 6.45) is 0. The maximum absolute atomic E-state index is 13.9. The smallest absolute Gasteiger partial charge is 0.231 e. The van der Waals surface area contributed by atoms with E-state index in [4.69, 9.17) is 4.74 Å². The van der Waals surface area contributed by atoms with Crippen LogP contribution in [0.5, 0.6) is 0 Å². The summed E-state index contributed by atoms with van der Waals surface area (Å²) in [5, 5.41) is 3.25. The first-order valence-electron chi connectivity index (χ1n) is 8.71. The normalized spacial score (nSPS) is 15.7. The third-order valence-corrected chi connectivity index (χ3v) is 4.99. The van der Waals surface area contributed by atoms with Crippen LogP contribution in [0.4, 0.5) is 4.39 Å². The zero-order valence-electron chi connectivity index (χ0n) is 14.5. The molecule has 1 atom stereocenters. The maximum Gasteiger partial charge on any atom is 0.231 e. The molecule has 1 aliphatic rings. The lowest BCUT2D eigenvalue weighted by atomic mass is 9.97. The average molecular weight is 421 g/mol. The van der Waals surface area contributed by atoms with Gasteiger partial charge in [-0.2, -0.15) is 0 Å². The Morgan fingerprint density at radius 3 is 2.65 bits per heavy atom. The summed E-state index contributed by atoms with van der Waals surface area (Å²) in [6.45, 7) is 3.19. The van der Waals surface area contributed by atoms with Crippen LogP contribution in [0, 0.1) is 5.82 Å². The number of amides is 1. The number of benzene rings is 2. The third kappa shape index (κ3) is 4.90. The molecule has 1 aliphatic heterocycles. The van der Waals surface area contributed by atoms with Crippen molar-refractivity contribution < 1.29 is 13.9 Å². The van der Waals surface area contributed by atoms with Gasteiger partial charge in [0.05, 0.1) is 19.1 Å². The molecule has 3 rings (SSSR count). The van der Waals surface area contributed by atoms with Crippen LogP contribution in [-0.2, 0) is 16.1 Å². The highest BCUT2D eigenvalue weighted by molar-refractivity contribution is 9.10. The molecule has 0 spiro atoms. The quantitative estimate of drug-likeness (QED) is 0.778. The largest absolute Gasteiger partial charge is 0.378 e. The number of hydrogen-bond acceptors (Lipinski definition) is 3. The van der Waals surface area contributed by atoms with Gasteiger partial charge in [-0.15, -0.1) is 0 Å². The maximum atomic E-state index is 13.9. The molecule has 1 N–H and O–H groups in total. The predicted molar refractivity (Wildman–Crippen MR) is 102 cm³/mol. The van der Waals surface area contributed by atoms with Gasteiger partial charge in [-0.25, -0.2) is 4.39 Å². The Labute approximate surface area is 161 Å². The van der Waals surface area contributed by atoms with Crippen molar-refractivity contribution >= 4 is 21.8 Å². The molecular formula is C20H22BrFN2O2. The fraction of sp³-hybridized carbons (Fsp3) is 0.350. The zero-order chi connectivity index (χ0) is 18.4. The molecule has 0 aliphatic carbocycles. The van der Waals surface area contributed by atoms with Gasteiger partial charge in [0.25, 0.3) is 0 Å². The van der Waals surface area contributed by atoms with Gasteiger partial charge in [0.1, 0.15) is 5.82 Å². The molecule has 4 nitrogen and oxygen atoms in total. The number of ether oxygens (including phenoxy) is 1. The van der Waals surface area contributed by atoms with Crippen molar-refractivity contribution in [2.45, 2.75) is 12.5 Å². The minimum absolute atomic E-state index is 0.0849. The van der Waals surface area contributed by atoms with Gasteiger partial charge in [0.2, 0.25) is 5.91 Å². The Kier molecular flexibility index (Phi) is 6.77. The van der Waals surface area contributed by atoms with E-state index in [1.807, 2.05) is 35.2 Å². The van der Waals surface area contributed by atoms with Gasteiger partial charge in [0.15, 0.2) is 0 Å². The highest BCUT2D eigenvalue weighted by Crippen LogP contribution is 2.20. The van der Waals surface area contributed by atoms with Crippen LogP contribution in [0.15, 0.2) is 53.0 Å². The molecule has 6 heteroatoms. The number of nitrogens with one attached hydrogen (secondary N) is 1. The summed E-state index contributed by atoms with van der Waals surface area (Å²) in [5.41, 5.74) is 1.54. The molecule has 1 fully saturated rings. The molecule has 26 heavy (non-hydrogen) atoms. The zero-order valence-corrected chi connectivity index (χ0v) is 16.0. The molecule has 1 amide bonds. The summed E-state index contributed by atoms with van der Waals surface area (Å²) in [7, 11) is 0. The topological polar surface area (TPSA) is 41.6 Å². The summed E-state index contributed by atoms with van der Waals surface area (Å²) in [4.78, 5) is 14.9. The second-order valence-corrected chi connectivity index (χ2v) is 7.18. The molecule has 1 unspecified atom stereocenters. The molecule has 0 aromatic heterocycles. The van der Waals surface area contributed by atoms with Crippen LogP contribution in [0.1, 0.15) is 17.0 Å². The van der Waals surface area contributed by atoms with E-state index in [9.17, 15) is 9.18 Å². The molecule has 138 valence electrons. The van der Waals surface area contributed by atoms with Crippen molar-refractivity contribution in [3.05, 3.63) is 69.9 Å². The standard InChI is InChI=1S/C20H22BrFN2O2/c21-17-6-7-19(22)16(12-17)13-23-14-18(15-4-2-1-3-5-15)20(25)24-8-10-26-11-9-24/h1-7,12,18,23H,8-11,13-14H2. The second-order valence-electron chi connectivity index (χ2n) is 6.27. The number of carbonyl (C=O) groups excluding carboxylic acids is 1. The molecule has 0 saturated carbocycles. The number of hydrogen-bond donors (Lipinski definition) is 1. The van der Waals surface area contributed by atoms with E-state index in [0.717, 1.165) is 10.0 Å². The van der Waals surface area contributed by atoms with E-state index in [1.54, 1.807) is 12.1 Å². The van der Waals surface area contributed by atoms with E-state index in [2.05, 4.69) is 21.2 Å². The fourth-order valence-corrected chi connectivity index (χ4v) is 3.48. The summed E-state index contributed by atoms with van der Waals surface area (Å²) in [5.74, 6) is -0.470. The first-order chi connectivity index (χ1) is 12.6. The fourth-order valence-electron chi connectivity index (χ4n) is 3.07. The number of halogens is 2. The van der Waals surface area contributed by atoms with Gasteiger partial charge in [-0.1, -0.05) is 46.3 Å². The molecule has 0 radical (unpaired) electrons. The minimum atomic E-state index is -0.301. The lowest BCUT2D eigenvalue weighted by Crippen LogP contribution is -2.45. The third-order valence-electron chi connectivity index (χ3n) is 4.49. The van der Waals surface area contributed by atoms with Crippen molar-refractivity contribution in [2.24, 2.45) is 0 Å². The summed E-state index contributed by atoms with van der Waals surface area (Å²) >= 11 is 3.36. The number of morpholine rings is 1. The van der Waals surface area contributed by atoms with Crippen LogP contribution in [0.2, 0.25) is 0 Å². The van der Waals surface area contributed by atoms with Crippen LogP contribution in [0.3, 0.4) is 0 Å². The molecule has 0 bridgehead atoms. The first-order valence-corrected chi connectivity index (χ1v) is 9.50. The molecule has 1 heterocycles. The van der Waals surface area contributed by atoms with E-state index < -0.39 is 0 Å². The Morgan fingerprint density at radius 1 is 1.19 bits per heavy atom. The van der Waals surface area contributed by atoms with Crippen LogP contribution < -0.4 is 5.32 Å². The van der Waals surface area contributed by atoms with Gasteiger partial charge in [-0.3, -0.25) is 4.79 Å². The van der Waals surface area contributed by atoms with Gasteiger partial charge in [0, 0.05) is 36.2 Å². The number of carbonyl (C=O) groups is 1. The lowest BCUT2D eigenvalue weighted by molar-refractivity contribution is -0.136. The van der Waals surface area contributed by atoms with Crippen LogP contribution >= 0.6 is 15.9 Å². The van der Waals surface area contributed by atoms with Crippen molar-refractivity contribution in [1.82, 2.24) is 10.2 Å². The van der Waals surface area contributed by atoms with Gasteiger partial charge < -0.3 is 15.0 Å². The van der Waals surface area contributed by atoms with E-state index in [0.29, 0.717) is 45.0 Å². The Bertz CT molecular complexity index is 736. The monoisotopic (exact) mass is 420 g/mol. The molecule has 2 aromatic carbocycles. The summed E-state index contributed by atoms with van der Waals surface area (Å²) < 4.78 is 20.1. The van der Waals surface area contributed by atoms with E-state index >= 15 is 0 Å². The minimum Gasteiger partial charge on any atom is -0.378 e. The van der Waals surface area contributed by atoms with Crippen molar-refractivity contribution in [3.63, 3.8) is 0 Å². The molecular weight excluding hydrogens is 399 g/mol. The van der Waals surface area contributed by atoms with Crippen LogP contribution in [-0.4, -0.2) is 43.7 Å². The van der Waals surface area contributed by atoms with Crippen molar-refractivity contribution in [1.29, 1.82) is 0 Å². The van der Waals surface area contributed by atoms with Gasteiger partial charge in [-0.05, 0) is 23.8 Å². The van der Waals surface area contributed by atoms with Crippen molar-refractivity contribution in [3.8, 4) is 0 Å². The Hall–Kier alpha value is -1.76. The average Bonchev–Trinajstić information content (AvgIpc) is 2.69. The second kappa shape index (κ2) is 9.26. The van der Waals surface area contributed by atoms with Crippen LogP contribution in [0.25, 0.3) is 0 Å². The first kappa shape index (κ1) is 19.0. The molecule has 1 saturated heterocycles.